The maximum Gasteiger partial charge on any atom is 0.295 e. The lowest BCUT2D eigenvalue weighted by atomic mass is 10.2. The van der Waals surface area contributed by atoms with Gasteiger partial charge >= 0.3 is 0 Å². The third-order valence-corrected chi connectivity index (χ3v) is 2.67. The van der Waals surface area contributed by atoms with Crippen LogP contribution >= 0.6 is 22.9 Å². The molecule has 16 heavy (non-hydrogen) atoms. The van der Waals surface area contributed by atoms with Crippen molar-refractivity contribution >= 4 is 28.8 Å². The van der Waals surface area contributed by atoms with Crippen LogP contribution in [0.2, 0.25) is 4.34 Å². The number of hydroxylamine groups is 1. The minimum atomic E-state index is -1.00. The summed E-state index contributed by atoms with van der Waals surface area (Å²) >= 11 is 7.02. The van der Waals surface area contributed by atoms with Crippen molar-refractivity contribution in [2.24, 2.45) is 0 Å². The van der Waals surface area contributed by atoms with E-state index in [9.17, 15) is 9.90 Å². The molecule has 2 N–H and O–H groups in total. The number of aliphatic hydroxyl groups is 1. The summed E-state index contributed by atoms with van der Waals surface area (Å²) in [6, 6.07) is 0. The van der Waals surface area contributed by atoms with Crippen LogP contribution in [-0.4, -0.2) is 28.2 Å². The average Bonchev–Trinajstić information content (AvgIpc) is 2.43. The highest BCUT2D eigenvalue weighted by atomic mass is 35.5. The largest absolute Gasteiger partial charge is 0.388 e. The van der Waals surface area contributed by atoms with E-state index in [0.717, 1.165) is 0 Å². The molecule has 5 nitrogen and oxygen atoms in total. The number of thiazole rings is 1. The zero-order chi connectivity index (χ0) is 12.3. The molecule has 0 fully saturated rings. The molecule has 0 radical (unpaired) electrons. The number of carbonyl (C=O) groups is 1. The van der Waals surface area contributed by atoms with Crippen molar-refractivity contribution in [2.75, 3.05) is 6.61 Å². The van der Waals surface area contributed by atoms with E-state index in [4.69, 9.17) is 16.4 Å². The van der Waals surface area contributed by atoms with Crippen LogP contribution < -0.4 is 5.48 Å². The first kappa shape index (κ1) is 13.4. The van der Waals surface area contributed by atoms with Gasteiger partial charge in [0.15, 0.2) is 5.69 Å². The lowest BCUT2D eigenvalue weighted by Crippen LogP contribution is -2.33. The molecule has 1 heterocycles. The molecule has 0 atom stereocenters. The molecule has 1 aromatic rings. The normalized spacial score (nSPS) is 11.6. The van der Waals surface area contributed by atoms with Crippen molar-refractivity contribution in [1.82, 2.24) is 10.5 Å². The Bertz CT molecular complexity index is 387. The second kappa shape index (κ2) is 5.09. The summed E-state index contributed by atoms with van der Waals surface area (Å²) in [5.41, 5.74) is 1.30. The van der Waals surface area contributed by atoms with Gasteiger partial charge in [0.25, 0.3) is 5.91 Å². The number of aromatic nitrogens is 1. The quantitative estimate of drug-likeness (QED) is 0.809. The van der Waals surface area contributed by atoms with Crippen molar-refractivity contribution in [3.8, 4) is 0 Å². The number of aryl methyl sites for hydroxylation is 1. The third-order valence-electron chi connectivity index (χ3n) is 1.50. The predicted octanol–water partition coefficient (Wildman–Crippen LogP) is 1.54. The lowest BCUT2D eigenvalue weighted by Gasteiger charge is -2.16. The Kier molecular flexibility index (Phi) is 4.26. The first-order chi connectivity index (χ1) is 7.29. The van der Waals surface area contributed by atoms with Gasteiger partial charge in [-0.3, -0.25) is 9.63 Å². The number of hydrogen-bond donors (Lipinski definition) is 2. The number of nitrogens with one attached hydrogen (secondary N) is 1. The number of hydrogen-bond acceptors (Lipinski definition) is 5. The molecule has 1 amide bonds. The summed E-state index contributed by atoms with van der Waals surface area (Å²) in [6.45, 7) is 4.88. The van der Waals surface area contributed by atoms with Crippen molar-refractivity contribution in [3.05, 3.63) is 15.0 Å². The minimum absolute atomic E-state index is 0.0144. The molecule has 0 aliphatic rings. The van der Waals surface area contributed by atoms with Crippen LogP contribution in [0, 0.1) is 6.92 Å². The molecule has 1 rings (SSSR count). The molecular formula is C9H13ClN2O3S. The summed E-state index contributed by atoms with van der Waals surface area (Å²) in [7, 11) is 0. The van der Waals surface area contributed by atoms with Crippen molar-refractivity contribution < 1.29 is 14.7 Å². The lowest BCUT2D eigenvalue weighted by molar-refractivity contribution is -0.0523. The van der Waals surface area contributed by atoms with Crippen LogP contribution in [0.4, 0.5) is 0 Å². The number of carbonyl (C=O) groups excluding carboxylic acids is 1. The van der Waals surface area contributed by atoms with E-state index < -0.39 is 11.5 Å². The highest BCUT2D eigenvalue weighted by Gasteiger charge is 2.17. The zero-order valence-corrected chi connectivity index (χ0v) is 10.8. The monoisotopic (exact) mass is 264 g/mol. The van der Waals surface area contributed by atoms with Gasteiger partial charge in [0.05, 0.1) is 10.6 Å². The summed E-state index contributed by atoms with van der Waals surface area (Å²) in [5.74, 6) is -0.515. The predicted molar refractivity (Wildman–Crippen MR) is 61.6 cm³/mol. The molecule has 0 aliphatic carbocycles. The Morgan fingerprint density at radius 1 is 1.69 bits per heavy atom. The molecule has 0 aromatic carbocycles. The van der Waals surface area contributed by atoms with Gasteiger partial charge in [0, 0.05) is 0 Å². The van der Waals surface area contributed by atoms with Gasteiger partial charge in [-0.1, -0.05) is 11.6 Å². The summed E-state index contributed by atoms with van der Waals surface area (Å²) in [5, 5.41) is 10.1. The highest BCUT2D eigenvalue weighted by molar-refractivity contribution is 7.16. The van der Waals surface area contributed by atoms with Crippen molar-refractivity contribution in [1.29, 1.82) is 0 Å². The van der Waals surface area contributed by atoms with Crippen LogP contribution in [0.1, 0.15) is 29.3 Å². The molecule has 1 aromatic heterocycles. The summed E-state index contributed by atoms with van der Waals surface area (Å²) < 4.78 is 0.321. The van der Waals surface area contributed by atoms with Gasteiger partial charge in [-0.05, 0) is 20.8 Å². The van der Waals surface area contributed by atoms with Gasteiger partial charge in [0.2, 0.25) is 0 Å². The number of rotatable bonds is 4. The average molecular weight is 265 g/mol. The first-order valence-corrected chi connectivity index (χ1v) is 5.76. The Balaban J connectivity index is 2.51. The van der Waals surface area contributed by atoms with Crippen LogP contribution in [0.3, 0.4) is 0 Å². The fourth-order valence-electron chi connectivity index (χ4n) is 0.869. The maximum atomic E-state index is 11.5. The fraction of sp³-hybridized carbons (Fsp3) is 0.556. The Morgan fingerprint density at radius 2 is 2.31 bits per heavy atom. The smallest absolute Gasteiger partial charge is 0.295 e. The second-order valence-corrected chi connectivity index (χ2v) is 5.69. The summed E-state index contributed by atoms with van der Waals surface area (Å²) in [6.07, 6.45) is 0. The molecule has 7 heteroatoms. The molecule has 90 valence electrons. The van der Waals surface area contributed by atoms with E-state index in [0.29, 0.717) is 9.34 Å². The highest BCUT2D eigenvalue weighted by Crippen LogP contribution is 2.23. The van der Waals surface area contributed by atoms with Gasteiger partial charge < -0.3 is 5.11 Å². The molecule has 0 saturated carbocycles. The topological polar surface area (TPSA) is 71.5 Å². The van der Waals surface area contributed by atoms with Crippen LogP contribution in [0.5, 0.6) is 0 Å². The first-order valence-electron chi connectivity index (χ1n) is 4.57. The van der Waals surface area contributed by atoms with Gasteiger partial charge in [-0.15, -0.1) is 11.3 Å². The van der Waals surface area contributed by atoms with E-state index in [1.54, 1.807) is 20.8 Å². The summed E-state index contributed by atoms with van der Waals surface area (Å²) in [4.78, 5) is 20.3. The fourth-order valence-corrected chi connectivity index (χ4v) is 1.96. The van der Waals surface area contributed by atoms with Gasteiger partial charge in [0.1, 0.15) is 10.9 Å². The number of amides is 1. The van der Waals surface area contributed by atoms with Crippen molar-refractivity contribution in [3.63, 3.8) is 0 Å². The molecule has 0 saturated heterocycles. The van der Waals surface area contributed by atoms with E-state index >= 15 is 0 Å². The van der Waals surface area contributed by atoms with Gasteiger partial charge in [-0.2, -0.15) is 0 Å². The zero-order valence-electron chi connectivity index (χ0n) is 9.20. The molecular weight excluding hydrogens is 252 g/mol. The van der Waals surface area contributed by atoms with Crippen LogP contribution in [-0.2, 0) is 4.84 Å². The van der Waals surface area contributed by atoms with Crippen LogP contribution in [0.15, 0.2) is 0 Å². The van der Waals surface area contributed by atoms with E-state index in [-0.39, 0.29) is 12.3 Å². The maximum absolute atomic E-state index is 11.5. The van der Waals surface area contributed by atoms with E-state index in [1.165, 1.54) is 11.3 Å². The van der Waals surface area contributed by atoms with E-state index in [1.807, 2.05) is 0 Å². The molecule has 0 spiro atoms. The van der Waals surface area contributed by atoms with Crippen molar-refractivity contribution in [2.45, 2.75) is 26.4 Å². The molecule has 0 bridgehead atoms. The number of nitrogens with zero attached hydrogens (tertiary/aromatic N) is 1. The Hall–Kier alpha value is -0.690. The molecule has 0 aliphatic heterocycles. The van der Waals surface area contributed by atoms with E-state index in [2.05, 4.69) is 10.5 Å². The standard InChI is InChI=1S/C9H13ClN2O3S/c1-5-11-6(7(10)16-5)8(13)12-15-4-9(2,3)14/h14H,4H2,1-3H3,(H,12,13). The Labute approximate surface area is 102 Å². The van der Waals surface area contributed by atoms with Gasteiger partial charge in [-0.25, -0.2) is 10.5 Å². The Morgan fingerprint density at radius 3 is 2.75 bits per heavy atom. The molecule has 0 unspecified atom stereocenters. The number of halogens is 1. The third kappa shape index (κ3) is 4.05. The SMILES string of the molecule is Cc1nc(C(=O)NOCC(C)(C)O)c(Cl)s1. The second-order valence-electron chi connectivity index (χ2n) is 3.89. The minimum Gasteiger partial charge on any atom is -0.388 e. The van der Waals surface area contributed by atoms with Crippen LogP contribution in [0.25, 0.3) is 0 Å².